The second-order valence-electron chi connectivity index (χ2n) is 12.9. The van der Waals surface area contributed by atoms with Crippen LogP contribution in [0.25, 0.3) is 0 Å². The number of anilines is 1. The van der Waals surface area contributed by atoms with Gasteiger partial charge in [0.25, 0.3) is 14.2 Å². The lowest BCUT2D eigenvalue weighted by molar-refractivity contribution is 0.0496. The molecule has 0 radical (unpaired) electrons. The van der Waals surface area contributed by atoms with Gasteiger partial charge in [-0.05, 0) is 60.2 Å². The minimum atomic E-state index is -2.41. The molecule has 2 saturated carbocycles. The van der Waals surface area contributed by atoms with Crippen LogP contribution in [-0.2, 0) is 4.74 Å². The average molecular weight is 557 g/mol. The molecule has 1 saturated heterocycles. The Morgan fingerprint density at radius 3 is 2.31 bits per heavy atom. The number of ether oxygens (including phenoxy) is 2. The van der Waals surface area contributed by atoms with Crippen LogP contribution in [0, 0.1) is 5.41 Å². The Hall–Kier alpha value is -2.52. The molecule has 8 nitrogen and oxygen atoms in total. The molecule has 214 valence electrons. The van der Waals surface area contributed by atoms with Crippen molar-refractivity contribution in [3.8, 4) is 11.5 Å². The van der Waals surface area contributed by atoms with Gasteiger partial charge in [0.1, 0.15) is 12.4 Å². The number of carbonyl (C=O) groups is 2. The number of benzene rings is 1. The first-order chi connectivity index (χ1) is 18.4. The van der Waals surface area contributed by atoms with E-state index in [1.54, 1.807) is 17.0 Å². The largest absolute Gasteiger partial charge is 0.540 e. The number of aliphatic hydroxyl groups is 1. The van der Waals surface area contributed by atoms with E-state index in [2.05, 4.69) is 48.1 Å². The lowest BCUT2D eigenvalue weighted by Gasteiger charge is -2.42. The van der Waals surface area contributed by atoms with Crippen molar-refractivity contribution in [1.29, 1.82) is 0 Å². The maximum atomic E-state index is 14.1. The zero-order chi connectivity index (χ0) is 28.3. The molecule has 3 fully saturated rings. The number of hydrogen-bond donors (Lipinski definition) is 1. The minimum absolute atomic E-state index is 0.0000433. The maximum Gasteiger partial charge on any atom is 0.416 e. The molecule has 0 aromatic heterocycles. The normalized spacial score (nSPS) is 23.7. The number of amides is 2. The van der Waals surface area contributed by atoms with E-state index in [4.69, 9.17) is 13.9 Å². The Morgan fingerprint density at radius 1 is 1.13 bits per heavy atom. The molecule has 4 aliphatic rings. The van der Waals surface area contributed by atoms with Crippen LogP contribution in [0.2, 0.25) is 16.6 Å². The standard InChI is InChI=1S/C30H44N2O6Si/c1-8-13-36-29(35)32-23-15-26(38-39(18(2)3,19(4)5)20(6)7)25(37-21-9-10-21)14-22(23)27(33)31-17-30(11-12-30)16-24(31)28(32)34/h8,14-15,18-21,24,28,34H,1,9-13,16-17H2,2-7H3/t24-,28?/m0/s1. The van der Waals surface area contributed by atoms with Gasteiger partial charge in [0.15, 0.2) is 12.0 Å². The van der Waals surface area contributed by atoms with Crippen LogP contribution < -0.4 is 14.1 Å². The van der Waals surface area contributed by atoms with Gasteiger partial charge in [-0.2, -0.15) is 0 Å². The fourth-order valence-corrected chi connectivity index (χ4v) is 12.2. The molecule has 2 aliphatic carbocycles. The zero-order valence-corrected chi connectivity index (χ0v) is 25.2. The number of hydrogen-bond acceptors (Lipinski definition) is 6. The fourth-order valence-electron chi connectivity index (χ4n) is 7.00. The Labute approximate surface area is 233 Å². The first-order valence-corrected chi connectivity index (χ1v) is 16.7. The third kappa shape index (κ3) is 4.86. The average Bonchev–Trinajstić information content (AvgIpc) is 3.79. The van der Waals surface area contributed by atoms with Crippen LogP contribution in [0.15, 0.2) is 24.8 Å². The first kappa shape index (κ1) is 28.0. The van der Waals surface area contributed by atoms with E-state index in [-0.39, 0.29) is 24.0 Å². The minimum Gasteiger partial charge on any atom is -0.540 e. The maximum absolute atomic E-state index is 14.1. The van der Waals surface area contributed by atoms with Gasteiger partial charge < -0.3 is 23.9 Å². The summed E-state index contributed by atoms with van der Waals surface area (Å²) in [5.41, 5.74) is 1.61. The predicted octanol–water partition coefficient (Wildman–Crippen LogP) is 6.24. The van der Waals surface area contributed by atoms with Gasteiger partial charge in [0.2, 0.25) is 0 Å². The summed E-state index contributed by atoms with van der Waals surface area (Å²) in [4.78, 5) is 30.5. The molecular weight excluding hydrogens is 512 g/mol. The molecule has 1 spiro atoms. The fraction of sp³-hybridized carbons (Fsp3) is 0.667. The van der Waals surface area contributed by atoms with E-state index in [9.17, 15) is 14.7 Å². The predicted molar refractivity (Wildman–Crippen MR) is 153 cm³/mol. The van der Waals surface area contributed by atoms with Gasteiger partial charge in [0, 0.05) is 12.6 Å². The highest BCUT2D eigenvalue weighted by atomic mass is 28.4. The van der Waals surface area contributed by atoms with Crippen LogP contribution in [0.5, 0.6) is 11.5 Å². The summed E-state index contributed by atoms with van der Waals surface area (Å²) in [6.07, 6.45) is 4.28. The van der Waals surface area contributed by atoms with Crippen molar-refractivity contribution >= 4 is 26.0 Å². The quantitative estimate of drug-likeness (QED) is 0.286. The lowest BCUT2D eigenvalue weighted by atomic mass is 10.0. The number of nitrogens with zero attached hydrogens (tertiary/aromatic N) is 2. The summed E-state index contributed by atoms with van der Waals surface area (Å²) in [7, 11) is -2.41. The molecule has 39 heavy (non-hydrogen) atoms. The smallest absolute Gasteiger partial charge is 0.416 e. The van der Waals surface area contributed by atoms with Crippen molar-refractivity contribution in [2.75, 3.05) is 18.1 Å². The highest BCUT2D eigenvalue weighted by Crippen LogP contribution is 2.57. The van der Waals surface area contributed by atoms with Gasteiger partial charge >= 0.3 is 6.09 Å². The van der Waals surface area contributed by atoms with Crippen LogP contribution in [0.4, 0.5) is 10.5 Å². The van der Waals surface area contributed by atoms with E-state index < -0.39 is 26.7 Å². The molecule has 5 rings (SSSR count). The van der Waals surface area contributed by atoms with Crippen molar-refractivity contribution in [2.45, 2.75) is 109 Å². The van der Waals surface area contributed by atoms with E-state index in [1.807, 2.05) is 0 Å². The Bertz CT molecular complexity index is 1120. The summed E-state index contributed by atoms with van der Waals surface area (Å²) in [6.45, 7) is 17.5. The molecule has 2 atom stereocenters. The van der Waals surface area contributed by atoms with Gasteiger partial charge in [-0.1, -0.05) is 54.2 Å². The van der Waals surface area contributed by atoms with Gasteiger partial charge in [-0.15, -0.1) is 0 Å². The highest BCUT2D eigenvalue weighted by molar-refractivity contribution is 6.78. The molecule has 0 bridgehead atoms. The summed E-state index contributed by atoms with van der Waals surface area (Å²) in [5.74, 6) is 0.880. The molecule has 1 aromatic carbocycles. The SMILES string of the molecule is C=CCOC(=O)N1c2cc(O[Si](C(C)C)(C(C)C)C(C)C)c(OC3CC3)cc2C(=O)N2CC3(CC3)C[C@H]2C1O. The molecule has 1 N–H and O–H groups in total. The molecular formula is C30H44N2O6Si. The number of aliphatic hydroxyl groups excluding tert-OH is 1. The number of rotatable bonds is 9. The lowest BCUT2D eigenvalue weighted by Crippen LogP contribution is -2.51. The summed E-state index contributed by atoms with van der Waals surface area (Å²) in [6, 6.07) is 2.98. The van der Waals surface area contributed by atoms with Crippen LogP contribution >= 0.6 is 0 Å². The van der Waals surface area contributed by atoms with Gasteiger partial charge in [0.05, 0.1) is 23.4 Å². The molecule has 1 aromatic rings. The molecule has 2 aliphatic heterocycles. The summed E-state index contributed by atoms with van der Waals surface area (Å²) in [5, 5.41) is 11.7. The summed E-state index contributed by atoms with van der Waals surface area (Å²) < 4.78 is 18.9. The van der Waals surface area contributed by atoms with Crippen molar-refractivity contribution in [2.24, 2.45) is 5.41 Å². The Kier molecular flexibility index (Phi) is 7.29. The second kappa shape index (κ2) is 10.1. The third-order valence-electron chi connectivity index (χ3n) is 9.26. The topological polar surface area (TPSA) is 88.5 Å². The third-order valence-corrected chi connectivity index (χ3v) is 15.2. The number of fused-ring (bicyclic) bond motifs is 2. The van der Waals surface area contributed by atoms with Crippen LogP contribution in [0.1, 0.15) is 84.0 Å². The van der Waals surface area contributed by atoms with E-state index >= 15 is 0 Å². The summed E-state index contributed by atoms with van der Waals surface area (Å²) >= 11 is 0. The zero-order valence-electron chi connectivity index (χ0n) is 24.2. The molecule has 2 amide bonds. The van der Waals surface area contributed by atoms with Gasteiger partial charge in [-0.3, -0.25) is 4.79 Å². The second-order valence-corrected chi connectivity index (χ2v) is 18.3. The molecule has 9 heteroatoms. The van der Waals surface area contributed by atoms with E-state index in [0.29, 0.717) is 52.3 Å². The molecule has 2 heterocycles. The van der Waals surface area contributed by atoms with Crippen molar-refractivity contribution in [1.82, 2.24) is 4.90 Å². The molecule has 1 unspecified atom stereocenters. The Morgan fingerprint density at radius 2 is 1.77 bits per heavy atom. The van der Waals surface area contributed by atoms with E-state index in [1.165, 1.54) is 11.0 Å². The Balaban J connectivity index is 1.66. The van der Waals surface area contributed by atoms with Crippen molar-refractivity contribution < 1.29 is 28.6 Å². The van der Waals surface area contributed by atoms with E-state index in [0.717, 1.165) is 25.7 Å². The van der Waals surface area contributed by atoms with Crippen molar-refractivity contribution in [3.05, 3.63) is 30.4 Å². The monoisotopic (exact) mass is 556 g/mol. The highest BCUT2D eigenvalue weighted by Gasteiger charge is 2.58. The van der Waals surface area contributed by atoms with Crippen molar-refractivity contribution in [3.63, 3.8) is 0 Å². The van der Waals surface area contributed by atoms with Crippen LogP contribution in [0.3, 0.4) is 0 Å². The first-order valence-electron chi connectivity index (χ1n) is 14.5. The van der Waals surface area contributed by atoms with Gasteiger partial charge in [-0.25, -0.2) is 9.69 Å². The van der Waals surface area contributed by atoms with Crippen LogP contribution in [-0.4, -0.2) is 61.8 Å². The number of carbonyl (C=O) groups excluding carboxylic acids is 2.